The van der Waals surface area contributed by atoms with E-state index in [1.54, 1.807) is 36.4 Å². The van der Waals surface area contributed by atoms with Crippen LogP contribution in [0.1, 0.15) is 51.4 Å². The number of H-pyrrole nitrogens is 1. The Kier molecular flexibility index (Phi) is 6.88. The summed E-state index contributed by atoms with van der Waals surface area (Å²) in [7, 11) is 0. The zero-order valence-electron chi connectivity index (χ0n) is 19.4. The van der Waals surface area contributed by atoms with Gasteiger partial charge >= 0.3 is 0 Å². The monoisotopic (exact) mass is 538 g/mol. The highest BCUT2D eigenvalue weighted by atomic mass is 79.9. The highest BCUT2D eigenvalue weighted by molar-refractivity contribution is 9.09. The van der Waals surface area contributed by atoms with Crippen molar-refractivity contribution in [3.05, 3.63) is 81.9 Å². The number of aromatic amines is 1. The number of hydrogen-bond donors (Lipinski definition) is 4. The van der Waals surface area contributed by atoms with Gasteiger partial charge in [0.15, 0.2) is 0 Å². The van der Waals surface area contributed by atoms with Gasteiger partial charge in [-0.2, -0.15) is 0 Å². The third-order valence-electron chi connectivity index (χ3n) is 5.93. The fraction of sp³-hybridized carbons (Fsp3) is 0.192. The maximum absolute atomic E-state index is 13.2. The molecule has 4 N–H and O–H groups in total. The van der Waals surface area contributed by atoms with E-state index in [-0.39, 0.29) is 34.9 Å². The summed E-state index contributed by atoms with van der Waals surface area (Å²) in [6, 6.07) is 10.6. The van der Waals surface area contributed by atoms with E-state index >= 15 is 0 Å². The van der Waals surface area contributed by atoms with E-state index in [0.717, 1.165) is 16.8 Å². The van der Waals surface area contributed by atoms with E-state index in [1.165, 1.54) is 12.1 Å². The molecule has 1 atom stereocenters. The van der Waals surface area contributed by atoms with Crippen LogP contribution in [0.3, 0.4) is 0 Å². The minimum absolute atomic E-state index is 0.174. The molecule has 1 aromatic heterocycles. The Morgan fingerprint density at radius 3 is 2.54 bits per heavy atom. The lowest BCUT2D eigenvalue weighted by Gasteiger charge is -2.15. The number of aryl methyl sites for hydroxylation is 1. The molecule has 0 bridgehead atoms. The first-order chi connectivity index (χ1) is 16.7. The Morgan fingerprint density at radius 1 is 1.14 bits per heavy atom. The first-order valence-corrected chi connectivity index (χ1v) is 12.1. The number of benzene rings is 2. The van der Waals surface area contributed by atoms with Crippen molar-refractivity contribution in [2.45, 2.75) is 26.8 Å². The number of fused-ring (bicyclic) bond motifs is 1. The highest BCUT2D eigenvalue weighted by Gasteiger charge is 2.26. The van der Waals surface area contributed by atoms with E-state index in [2.05, 4.69) is 36.9 Å². The Bertz CT molecular complexity index is 1360. The molecule has 9 heteroatoms. The lowest BCUT2D eigenvalue weighted by molar-refractivity contribution is -0.114. The lowest BCUT2D eigenvalue weighted by Crippen LogP contribution is -2.26. The van der Waals surface area contributed by atoms with Crippen LogP contribution in [0.15, 0.2) is 42.5 Å². The van der Waals surface area contributed by atoms with Crippen LogP contribution in [-0.4, -0.2) is 28.0 Å². The van der Waals surface area contributed by atoms with Crippen molar-refractivity contribution in [2.24, 2.45) is 0 Å². The third kappa shape index (κ3) is 5.05. The number of hydrogen-bond acceptors (Lipinski definition) is 3. The van der Waals surface area contributed by atoms with Crippen LogP contribution < -0.4 is 16.0 Å². The minimum atomic E-state index is -0.340. The van der Waals surface area contributed by atoms with Crippen molar-refractivity contribution < 1.29 is 18.8 Å². The van der Waals surface area contributed by atoms with Crippen molar-refractivity contribution in [1.82, 2.24) is 10.3 Å². The van der Waals surface area contributed by atoms with E-state index in [9.17, 15) is 18.8 Å². The van der Waals surface area contributed by atoms with Crippen molar-refractivity contribution >= 4 is 56.7 Å². The molecule has 7 nitrogen and oxygen atoms in total. The predicted octanol–water partition coefficient (Wildman–Crippen LogP) is 5.09. The number of halogens is 2. The number of nitrogens with one attached hydrogen (secondary N) is 4. The molecule has 3 aromatic rings. The molecule has 0 saturated heterocycles. The van der Waals surface area contributed by atoms with Crippen molar-refractivity contribution in [3.8, 4) is 0 Å². The topological polar surface area (TPSA) is 103 Å². The number of amides is 3. The molecule has 1 unspecified atom stereocenters. The van der Waals surface area contributed by atoms with Crippen molar-refractivity contribution in [3.63, 3.8) is 0 Å². The molecular weight excluding hydrogens is 515 g/mol. The Hall–Kier alpha value is -3.72. The molecule has 180 valence electrons. The first-order valence-electron chi connectivity index (χ1n) is 11.0. The normalized spacial score (nSPS) is 14.4. The Balaban J connectivity index is 1.61. The summed E-state index contributed by atoms with van der Waals surface area (Å²) >= 11 is 3.14. The average molecular weight is 539 g/mol. The average Bonchev–Trinajstić information content (AvgIpc) is 3.29. The van der Waals surface area contributed by atoms with Crippen LogP contribution in [0.5, 0.6) is 0 Å². The predicted molar refractivity (Wildman–Crippen MR) is 138 cm³/mol. The van der Waals surface area contributed by atoms with Gasteiger partial charge in [0.05, 0.1) is 22.6 Å². The quantitative estimate of drug-likeness (QED) is 0.259. The molecule has 0 aliphatic carbocycles. The maximum atomic E-state index is 13.2. The number of carbonyl (C=O) groups excluding carboxylic acids is 3. The maximum Gasteiger partial charge on any atom is 0.256 e. The van der Waals surface area contributed by atoms with Crippen LogP contribution in [-0.2, 0) is 9.59 Å². The van der Waals surface area contributed by atoms with E-state index in [4.69, 9.17) is 0 Å². The summed E-state index contributed by atoms with van der Waals surface area (Å²) in [6.45, 7) is 5.51. The second kappa shape index (κ2) is 9.87. The lowest BCUT2D eigenvalue weighted by atomic mass is 10.0. The molecule has 0 radical (unpaired) electrons. The number of rotatable bonds is 6. The largest absolute Gasteiger partial charge is 0.357 e. The number of aromatic nitrogens is 1. The molecule has 3 amide bonds. The van der Waals surface area contributed by atoms with Crippen LogP contribution in [0, 0.1) is 19.7 Å². The molecule has 1 aliphatic heterocycles. The highest BCUT2D eigenvalue weighted by Crippen LogP contribution is 2.35. The second-order valence-corrected chi connectivity index (χ2v) is 8.93. The molecule has 0 spiro atoms. The first kappa shape index (κ1) is 24.4. The van der Waals surface area contributed by atoms with Gasteiger partial charge in [0.1, 0.15) is 5.82 Å². The Morgan fingerprint density at radius 2 is 1.86 bits per heavy atom. The van der Waals surface area contributed by atoms with Crippen molar-refractivity contribution in [1.29, 1.82) is 0 Å². The van der Waals surface area contributed by atoms with Gasteiger partial charge in [-0.05, 0) is 68.3 Å². The fourth-order valence-electron chi connectivity index (χ4n) is 4.01. The smallest absolute Gasteiger partial charge is 0.256 e. The summed E-state index contributed by atoms with van der Waals surface area (Å²) < 4.78 is 13.2. The fourth-order valence-corrected chi connectivity index (χ4v) is 4.15. The van der Waals surface area contributed by atoms with Crippen LogP contribution in [0.2, 0.25) is 0 Å². The molecule has 0 saturated carbocycles. The van der Waals surface area contributed by atoms with Gasteiger partial charge in [0, 0.05) is 28.2 Å². The van der Waals surface area contributed by atoms with E-state index in [0.29, 0.717) is 33.8 Å². The van der Waals surface area contributed by atoms with Crippen molar-refractivity contribution in [2.75, 3.05) is 16.0 Å². The molecule has 0 fully saturated rings. The summed E-state index contributed by atoms with van der Waals surface area (Å²) in [5.74, 6) is -1.11. The van der Waals surface area contributed by atoms with Gasteiger partial charge in [-0.1, -0.05) is 28.1 Å². The second-order valence-electron chi connectivity index (χ2n) is 8.36. The molecule has 35 heavy (non-hydrogen) atoms. The third-order valence-corrected chi connectivity index (χ3v) is 6.44. The molecule has 4 rings (SSSR count). The van der Waals surface area contributed by atoms with Gasteiger partial charge in [-0.3, -0.25) is 14.4 Å². The summed E-state index contributed by atoms with van der Waals surface area (Å²) in [5, 5.41) is 8.75. The SMILES string of the molecule is Cc1[nH]c(/C=C2\C(=O)Nc3ccc(C(=O)NC(C)c4ccc(F)cc4)cc32)c(C)c1NC(=O)CBr. The van der Waals surface area contributed by atoms with Crippen LogP contribution >= 0.6 is 15.9 Å². The summed E-state index contributed by atoms with van der Waals surface area (Å²) in [4.78, 5) is 40.7. The Labute approximate surface area is 210 Å². The summed E-state index contributed by atoms with van der Waals surface area (Å²) in [5.41, 5.74) is 5.71. The van der Waals surface area contributed by atoms with Gasteiger partial charge in [-0.15, -0.1) is 0 Å². The van der Waals surface area contributed by atoms with E-state index in [1.807, 2.05) is 20.8 Å². The minimum Gasteiger partial charge on any atom is -0.357 e. The molecule has 2 heterocycles. The van der Waals surface area contributed by atoms with E-state index < -0.39 is 0 Å². The van der Waals surface area contributed by atoms with Gasteiger partial charge < -0.3 is 20.9 Å². The zero-order valence-corrected chi connectivity index (χ0v) is 21.0. The van der Waals surface area contributed by atoms with Gasteiger partial charge in [-0.25, -0.2) is 4.39 Å². The van der Waals surface area contributed by atoms with Gasteiger partial charge in [0.25, 0.3) is 11.8 Å². The standard InChI is InChI=1S/C26H24BrFN4O3/c1-13-22(29-15(3)24(13)32-23(33)12-27)11-20-19-10-17(6-9-21(19)31-26(20)35)25(34)30-14(2)16-4-7-18(28)8-5-16/h4-11,14,29H,12H2,1-3H3,(H,30,34)(H,31,35)(H,32,33)/b20-11-. The molecule has 2 aromatic carbocycles. The number of anilines is 2. The molecular formula is C26H24BrFN4O3. The van der Waals surface area contributed by atoms with Gasteiger partial charge in [0.2, 0.25) is 5.91 Å². The van der Waals surface area contributed by atoms with Crippen LogP contribution in [0.25, 0.3) is 11.6 Å². The number of alkyl halides is 1. The number of carbonyl (C=O) groups is 3. The summed E-state index contributed by atoms with van der Waals surface area (Å²) in [6.07, 6.45) is 1.72. The zero-order chi connectivity index (χ0) is 25.3. The molecule has 1 aliphatic rings. The van der Waals surface area contributed by atoms with Crippen LogP contribution in [0.4, 0.5) is 15.8 Å².